The van der Waals surface area contributed by atoms with Gasteiger partial charge in [0.2, 0.25) is 0 Å². The fraction of sp³-hybridized carbons (Fsp3) is 0.267. The van der Waals surface area contributed by atoms with Crippen LogP contribution in [0.5, 0.6) is 0 Å². The van der Waals surface area contributed by atoms with Crippen LogP contribution in [0.3, 0.4) is 0 Å². The van der Waals surface area contributed by atoms with Gasteiger partial charge in [0, 0.05) is 36.3 Å². The molecule has 3 aromatic rings. The molecule has 0 bridgehead atoms. The third-order valence-corrected chi connectivity index (χ3v) is 3.30. The third kappa shape index (κ3) is 3.17. The van der Waals surface area contributed by atoms with Crippen molar-refractivity contribution in [2.24, 2.45) is 0 Å². The number of aromatic amines is 1. The average Bonchev–Trinajstić information content (AvgIpc) is 3.10. The van der Waals surface area contributed by atoms with Crippen LogP contribution in [0.15, 0.2) is 41.4 Å². The molecule has 0 unspecified atom stereocenters. The Bertz CT molecular complexity index is 704. The number of rotatable bonds is 5. The molecule has 0 aliphatic carbocycles. The molecule has 0 aliphatic rings. The topological polar surface area (TPSA) is 70.8 Å². The lowest BCUT2D eigenvalue weighted by atomic mass is 10.2. The highest BCUT2D eigenvalue weighted by atomic mass is 16.5. The van der Waals surface area contributed by atoms with E-state index in [0.717, 1.165) is 35.0 Å². The van der Waals surface area contributed by atoms with Crippen molar-refractivity contribution in [3.63, 3.8) is 0 Å². The summed E-state index contributed by atoms with van der Waals surface area (Å²) in [5.74, 6) is 0.824. The van der Waals surface area contributed by atoms with E-state index in [0.29, 0.717) is 6.54 Å². The Morgan fingerprint density at radius 1 is 1.33 bits per heavy atom. The molecule has 1 N–H and O–H groups in total. The molecule has 0 amide bonds. The van der Waals surface area contributed by atoms with E-state index < -0.39 is 0 Å². The van der Waals surface area contributed by atoms with Gasteiger partial charge in [-0.3, -0.25) is 9.88 Å². The van der Waals surface area contributed by atoms with Crippen LogP contribution in [-0.2, 0) is 13.1 Å². The smallest absolute Gasteiger partial charge is 0.151 e. The first-order valence-corrected chi connectivity index (χ1v) is 6.76. The number of imidazole rings is 1. The minimum absolute atomic E-state index is 0.680. The summed E-state index contributed by atoms with van der Waals surface area (Å²) in [4.78, 5) is 13.6. The van der Waals surface area contributed by atoms with Crippen LogP contribution in [0.4, 0.5) is 0 Å². The molecular formula is C15H17N5O. The maximum Gasteiger partial charge on any atom is 0.151 e. The van der Waals surface area contributed by atoms with Crippen LogP contribution in [-0.4, -0.2) is 32.1 Å². The number of H-pyrrole nitrogens is 1. The van der Waals surface area contributed by atoms with Crippen molar-refractivity contribution in [1.29, 1.82) is 0 Å². The molecule has 0 aliphatic heterocycles. The monoisotopic (exact) mass is 283 g/mol. The van der Waals surface area contributed by atoms with Crippen molar-refractivity contribution < 1.29 is 4.52 Å². The molecule has 21 heavy (non-hydrogen) atoms. The maximum absolute atomic E-state index is 5.39. The normalized spacial score (nSPS) is 11.2. The van der Waals surface area contributed by atoms with Gasteiger partial charge in [0.05, 0.1) is 18.6 Å². The van der Waals surface area contributed by atoms with Crippen molar-refractivity contribution in [1.82, 2.24) is 25.0 Å². The fourth-order valence-corrected chi connectivity index (χ4v) is 2.16. The molecule has 0 radical (unpaired) electrons. The summed E-state index contributed by atoms with van der Waals surface area (Å²) in [6.45, 7) is 3.46. The Kier molecular flexibility index (Phi) is 3.79. The Balaban J connectivity index is 1.66. The van der Waals surface area contributed by atoms with Gasteiger partial charge in [0.25, 0.3) is 0 Å². The molecule has 108 valence electrons. The zero-order chi connectivity index (χ0) is 14.7. The largest absolute Gasteiger partial charge is 0.359 e. The van der Waals surface area contributed by atoms with Gasteiger partial charge >= 0.3 is 0 Å². The first-order valence-electron chi connectivity index (χ1n) is 6.76. The van der Waals surface area contributed by atoms with Gasteiger partial charge in [-0.25, -0.2) is 4.98 Å². The first kappa shape index (κ1) is 13.5. The fourth-order valence-electron chi connectivity index (χ4n) is 2.16. The summed E-state index contributed by atoms with van der Waals surface area (Å²) in [6.07, 6.45) is 5.23. The summed E-state index contributed by atoms with van der Waals surface area (Å²) < 4.78 is 5.39. The second-order valence-electron chi connectivity index (χ2n) is 5.07. The minimum Gasteiger partial charge on any atom is -0.359 e. The Hall–Kier alpha value is -2.47. The van der Waals surface area contributed by atoms with Crippen LogP contribution < -0.4 is 0 Å². The van der Waals surface area contributed by atoms with E-state index in [1.165, 1.54) is 0 Å². The van der Waals surface area contributed by atoms with E-state index in [9.17, 15) is 0 Å². The number of pyridine rings is 1. The third-order valence-electron chi connectivity index (χ3n) is 3.30. The highest BCUT2D eigenvalue weighted by Gasteiger charge is 2.11. The second kappa shape index (κ2) is 5.88. The molecule has 0 saturated heterocycles. The van der Waals surface area contributed by atoms with Crippen LogP contribution in [0.25, 0.3) is 11.3 Å². The van der Waals surface area contributed by atoms with Crippen LogP contribution in [0.1, 0.15) is 17.1 Å². The van der Waals surface area contributed by atoms with E-state index in [-0.39, 0.29) is 0 Å². The Labute approximate surface area is 122 Å². The summed E-state index contributed by atoms with van der Waals surface area (Å²) >= 11 is 0. The van der Waals surface area contributed by atoms with Gasteiger partial charge in [-0.1, -0.05) is 5.16 Å². The molecule has 0 atom stereocenters. The summed E-state index contributed by atoms with van der Waals surface area (Å²) in [5, 5.41) is 4.09. The zero-order valence-corrected chi connectivity index (χ0v) is 12.1. The Morgan fingerprint density at radius 3 is 2.95 bits per heavy atom. The van der Waals surface area contributed by atoms with Crippen molar-refractivity contribution in [3.05, 3.63) is 54.1 Å². The van der Waals surface area contributed by atoms with Crippen molar-refractivity contribution in [2.75, 3.05) is 7.05 Å². The number of aromatic nitrogens is 4. The average molecular weight is 283 g/mol. The molecular weight excluding hydrogens is 266 g/mol. The lowest BCUT2D eigenvalue weighted by molar-refractivity contribution is 0.264. The summed E-state index contributed by atoms with van der Waals surface area (Å²) in [5.41, 5.74) is 3.90. The maximum atomic E-state index is 5.39. The van der Waals surface area contributed by atoms with Gasteiger partial charge < -0.3 is 9.51 Å². The van der Waals surface area contributed by atoms with Gasteiger partial charge in [-0.2, -0.15) is 0 Å². The predicted octanol–water partition coefficient (Wildman–Crippen LogP) is 2.40. The molecule has 0 spiro atoms. The van der Waals surface area contributed by atoms with Crippen LogP contribution in [0.2, 0.25) is 0 Å². The highest BCUT2D eigenvalue weighted by molar-refractivity contribution is 5.57. The lowest BCUT2D eigenvalue weighted by Crippen LogP contribution is -2.17. The number of nitrogens with zero attached hydrogens (tertiary/aromatic N) is 4. The molecule has 0 saturated carbocycles. The number of hydrogen-bond donors (Lipinski definition) is 1. The van der Waals surface area contributed by atoms with E-state index >= 15 is 0 Å². The van der Waals surface area contributed by atoms with Gasteiger partial charge in [0.1, 0.15) is 5.69 Å². The molecule has 3 rings (SSSR count). The van der Waals surface area contributed by atoms with E-state index in [1.54, 1.807) is 18.7 Å². The molecule has 6 heteroatoms. The predicted molar refractivity (Wildman–Crippen MR) is 78.2 cm³/mol. The molecule has 0 fully saturated rings. The van der Waals surface area contributed by atoms with Crippen molar-refractivity contribution >= 4 is 0 Å². The van der Waals surface area contributed by atoms with E-state index in [4.69, 9.17) is 4.52 Å². The first-order chi connectivity index (χ1) is 10.2. The summed E-state index contributed by atoms with van der Waals surface area (Å²) in [7, 11) is 2.03. The Morgan fingerprint density at radius 2 is 2.24 bits per heavy atom. The van der Waals surface area contributed by atoms with Crippen molar-refractivity contribution in [3.8, 4) is 11.3 Å². The van der Waals surface area contributed by atoms with Gasteiger partial charge in [-0.05, 0) is 26.1 Å². The number of aryl methyl sites for hydroxylation is 1. The standard InChI is InChI=1S/C15H17N5O/c1-11-15(18-10-17-11)9-20(2)8-13-6-14(19-21-13)12-4-3-5-16-7-12/h3-7,10H,8-9H2,1-2H3,(H,17,18). The van der Waals surface area contributed by atoms with Gasteiger partial charge in [0.15, 0.2) is 5.76 Å². The highest BCUT2D eigenvalue weighted by Crippen LogP contribution is 2.18. The van der Waals surface area contributed by atoms with Crippen molar-refractivity contribution in [2.45, 2.75) is 20.0 Å². The quantitative estimate of drug-likeness (QED) is 0.778. The molecule has 6 nitrogen and oxygen atoms in total. The van der Waals surface area contributed by atoms with Crippen LogP contribution >= 0.6 is 0 Å². The van der Waals surface area contributed by atoms with E-state index in [1.807, 2.05) is 32.2 Å². The number of nitrogens with one attached hydrogen (secondary N) is 1. The minimum atomic E-state index is 0.680. The lowest BCUT2D eigenvalue weighted by Gasteiger charge is -2.13. The SMILES string of the molecule is Cc1[nH]cnc1CN(C)Cc1cc(-c2cccnc2)no1. The number of hydrogen-bond acceptors (Lipinski definition) is 5. The summed E-state index contributed by atoms with van der Waals surface area (Å²) in [6, 6.07) is 5.80. The zero-order valence-electron chi connectivity index (χ0n) is 12.1. The molecule has 0 aromatic carbocycles. The van der Waals surface area contributed by atoms with Crippen LogP contribution in [0, 0.1) is 6.92 Å². The van der Waals surface area contributed by atoms with Gasteiger partial charge in [-0.15, -0.1) is 0 Å². The van der Waals surface area contributed by atoms with E-state index in [2.05, 4.69) is 25.0 Å². The molecule has 3 heterocycles. The molecule has 3 aromatic heterocycles. The second-order valence-corrected chi connectivity index (χ2v) is 5.07.